The molecule has 5 nitrogen and oxygen atoms in total. The first-order chi connectivity index (χ1) is 7.66. The molecule has 2 rings (SSSR count). The summed E-state index contributed by atoms with van der Waals surface area (Å²) in [6, 6.07) is 1.97. The molecule has 88 valence electrons. The topological polar surface area (TPSA) is 50.2 Å². The minimum Gasteiger partial charge on any atom is -0.340 e. The molecule has 1 aromatic heterocycles. The molecule has 0 aromatic carbocycles. The first kappa shape index (κ1) is 11.1. The van der Waals surface area contributed by atoms with Gasteiger partial charge >= 0.3 is 0 Å². The number of aryl methyl sites for hydroxylation is 2. The second-order valence-corrected chi connectivity index (χ2v) is 4.21. The van der Waals surface area contributed by atoms with Crippen LogP contribution in [0.5, 0.6) is 0 Å². The summed E-state index contributed by atoms with van der Waals surface area (Å²) in [6.45, 7) is 5.37. The van der Waals surface area contributed by atoms with E-state index in [1.165, 1.54) is 0 Å². The molecule has 0 bridgehead atoms. The number of piperazine rings is 1. The normalized spacial score (nSPS) is 16.5. The molecule has 0 saturated carbocycles. The third-order valence-electron chi connectivity index (χ3n) is 2.90. The summed E-state index contributed by atoms with van der Waals surface area (Å²) in [5.74, 6) is 0.199. The van der Waals surface area contributed by atoms with Crippen LogP contribution in [-0.2, 0) is 18.3 Å². The van der Waals surface area contributed by atoms with E-state index in [1.807, 2.05) is 24.9 Å². The lowest BCUT2D eigenvalue weighted by Gasteiger charge is -2.27. The monoisotopic (exact) mass is 222 g/mol. The summed E-state index contributed by atoms with van der Waals surface area (Å²) in [7, 11) is 1.88. The number of nitrogens with zero attached hydrogens (tertiary/aromatic N) is 3. The Morgan fingerprint density at radius 3 is 2.75 bits per heavy atom. The third-order valence-corrected chi connectivity index (χ3v) is 2.90. The van der Waals surface area contributed by atoms with Gasteiger partial charge in [0, 0.05) is 38.9 Å². The van der Waals surface area contributed by atoms with Gasteiger partial charge in [-0.25, -0.2) is 0 Å². The Labute approximate surface area is 95.4 Å². The van der Waals surface area contributed by atoms with Crippen molar-refractivity contribution in [3.05, 3.63) is 17.5 Å². The first-order valence-corrected chi connectivity index (χ1v) is 5.65. The van der Waals surface area contributed by atoms with Crippen LogP contribution in [0.3, 0.4) is 0 Å². The Balaban J connectivity index is 1.98. The molecule has 0 aliphatic carbocycles. The minimum atomic E-state index is 0.199. The van der Waals surface area contributed by atoms with Crippen molar-refractivity contribution in [1.29, 1.82) is 0 Å². The molecule has 1 aliphatic heterocycles. The lowest BCUT2D eigenvalue weighted by molar-refractivity contribution is -0.131. The van der Waals surface area contributed by atoms with Crippen molar-refractivity contribution in [1.82, 2.24) is 20.0 Å². The van der Waals surface area contributed by atoms with Crippen LogP contribution in [0.2, 0.25) is 0 Å². The van der Waals surface area contributed by atoms with E-state index in [1.54, 1.807) is 4.68 Å². The highest BCUT2D eigenvalue weighted by Crippen LogP contribution is 2.05. The maximum absolute atomic E-state index is 12.0. The van der Waals surface area contributed by atoms with E-state index in [2.05, 4.69) is 10.4 Å². The van der Waals surface area contributed by atoms with Crippen LogP contribution >= 0.6 is 0 Å². The summed E-state index contributed by atoms with van der Waals surface area (Å²) in [5.41, 5.74) is 1.95. The Bertz CT molecular complexity index is 379. The fourth-order valence-corrected chi connectivity index (χ4v) is 2.01. The molecule has 1 aromatic rings. The van der Waals surface area contributed by atoms with Crippen LogP contribution in [0.15, 0.2) is 6.07 Å². The number of carbonyl (C=O) groups excluding carboxylic acids is 1. The van der Waals surface area contributed by atoms with E-state index in [4.69, 9.17) is 0 Å². The van der Waals surface area contributed by atoms with Gasteiger partial charge in [-0.05, 0) is 13.0 Å². The van der Waals surface area contributed by atoms with Crippen molar-refractivity contribution in [2.45, 2.75) is 13.3 Å². The first-order valence-electron chi connectivity index (χ1n) is 5.65. The summed E-state index contributed by atoms with van der Waals surface area (Å²) < 4.78 is 1.79. The quantitative estimate of drug-likeness (QED) is 0.747. The van der Waals surface area contributed by atoms with E-state index in [0.29, 0.717) is 6.42 Å². The number of amides is 1. The van der Waals surface area contributed by atoms with Crippen LogP contribution < -0.4 is 5.32 Å². The number of nitrogens with one attached hydrogen (secondary N) is 1. The highest BCUT2D eigenvalue weighted by Gasteiger charge is 2.17. The molecular formula is C11H18N4O. The molecule has 1 aliphatic rings. The average Bonchev–Trinajstić information content (AvgIpc) is 2.59. The van der Waals surface area contributed by atoms with Crippen LogP contribution in [0, 0.1) is 6.92 Å². The molecule has 1 amide bonds. The largest absolute Gasteiger partial charge is 0.340 e. The minimum absolute atomic E-state index is 0.199. The van der Waals surface area contributed by atoms with Gasteiger partial charge in [-0.3, -0.25) is 9.48 Å². The number of aromatic nitrogens is 2. The Hall–Kier alpha value is -1.36. The predicted molar refractivity (Wildman–Crippen MR) is 61.1 cm³/mol. The number of rotatable bonds is 2. The van der Waals surface area contributed by atoms with Gasteiger partial charge in [-0.15, -0.1) is 0 Å². The smallest absolute Gasteiger partial charge is 0.228 e. The molecule has 1 fully saturated rings. The maximum Gasteiger partial charge on any atom is 0.228 e. The van der Waals surface area contributed by atoms with Crippen LogP contribution in [0.1, 0.15) is 11.4 Å². The number of hydrogen-bond donors (Lipinski definition) is 1. The summed E-state index contributed by atoms with van der Waals surface area (Å²) in [4.78, 5) is 13.9. The van der Waals surface area contributed by atoms with Crippen LogP contribution in [0.25, 0.3) is 0 Å². The Morgan fingerprint density at radius 2 is 2.19 bits per heavy atom. The van der Waals surface area contributed by atoms with Gasteiger partial charge < -0.3 is 10.2 Å². The second kappa shape index (κ2) is 4.65. The standard InChI is InChI=1S/C11H18N4O/c1-9-7-10(14(2)13-9)8-11(16)15-5-3-12-4-6-15/h7,12H,3-6,8H2,1-2H3. The molecule has 2 heterocycles. The van der Waals surface area contributed by atoms with E-state index < -0.39 is 0 Å². The van der Waals surface area contributed by atoms with Crippen molar-refractivity contribution in [2.24, 2.45) is 7.05 Å². The summed E-state index contributed by atoms with van der Waals surface area (Å²) in [5, 5.41) is 7.48. The molecule has 1 saturated heterocycles. The maximum atomic E-state index is 12.0. The zero-order valence-electron chi connectivity index (χ0n) is 9.86. The second-order valence-electron chi connectivity index (χ2n) is 4.21. The van der Waals surface area contributed by atoms with E-state index in [0.717, 1.165) is 37.6 Å². The van der Waals surface area contributed by atoms with Gasteiger partial charge in [0.1, 0.15) is 0 Å². The molecular weight excluding hydrogens is 204 g/mol. The van der Waals surface area contributed by atoms with Crippen molar-refractivity contribution in [3.63, 3.8) is 0 Å². The molecule has 5 heteroatoms. The van der Waals surface area contributed by atoms with Gasteiger partial charge in [0.25, 0.3) is 0 Å². The average molecular weight is 222 g/mol. The Kier molecular flexibility index (Phi) is 3.24. The lowest BCUT2D eigenvalue weighted by Crippen LogP contribution is -2.47. The number of carbonyl (C=O) groups is 1. The fraction of sp³-hybridized carbons (Fsp3) is 0.636. The molecule has 16 heavy (non-hydrogen) atoms. The number of hydrogen-bond acceptors (Lipinski definition) is 3. The van der Waals surface area contributed by atoms with Crippen molar-refractivity contribution in [2.75, 3.05) is 26.2 Å². The van der Waals surface area contributed by atoms with E-state index in [9.17, 15) is 4.79 Å². The van der Waals surface area contributed by atoms with Crippen LogP contribution in [-0.4, -0.2) is 46.8 Å². The summed E-state index contributed by atoms with van der Waals surface area (Å²) in [6.07, 6.45) is 0.456. The Morgan fingerprint density at radius 1 is 1.50 bits per heavy atom. The van der Waals surface area contributed by atoms with E-state index in [-0.39, 0.29) is 5.91 Å². The third kappa shape index (κ3) is 2.41. The van der Waals surface area contributed by atoms with Crippen molar-refractivity contribution < 1.29 is 4.79 Å². The zero-order valence-corrected chi connectivity index (χ0v) is 9.86. The van der Waals surface area contributed by atoms with Crippen molar-refractivity contribution in [3.8, 4) is 0 Å². The highest BCUT2D eigenvalue weighted by molar-refractivity contribution is 5.78. The molecule has 0 spiro atoms. The highest BCUT2D eigenvalue weighted by atomic mass is 16.2. The lowest BCUT2D eigenvalue weighted by atomic mass is 10.2. The molecule has 0 unspecified atom stereocenters. The van der Waals surface area contributed by atoms with Gasteiger partial charge in [0.05, 0.1) is 12.1 Å². The van der Waals surface area contributed by atoms with Gasteiger partial charge in [0.15, 0.2) is 0 Å². The predicted octanol–water partition coefficient (Wildman–Crippen LogP) is -0.297. The van der Waals surface area contributed by atoms with E-state index >= 15 is 0 Å². The molecule has 1 N–H and O–H groups in total. The van der Waals surface area contributed by atoms with Gasteiger partial charge in [-0.2, -0.15) is 5.10 Å². The van der Waals surface area contributed by atoms with Gasteiger partial charge in [-0.1, -0.05) is 0 Å². The summed E-state index contributed by atoms with van der Waals surface area (Å²) >= 11 is 0. The fourth-order valence-electron chi connectivity index (χ4n) is 2.01. The molecule has 0 radical (unpaired) electrons. The molecule has 0 atom stereocenters. The van der Waals surface area contributed by atoms with Gasteiger partial charge in [0.2, 0.25) is 5.91 Å². The zero-order chi connectivity index (χ0) is 11.5. The van der Waals surface area contributed by atoms with Crippen LogP contribution in [0.4, 0.5) is 0 Å². The SMILES string of the molecule is Cc1cc(CC(=O)N2CCNCC2)n(C)n1. The van der Waals surface area contributed by atoms with Crippen molar-refractivity contribution >= 4 is 5.91 Å².